The number of amides is 1. The van der Waals surface area contributed by atoms with Crippen LogP contribution in [0.2, 0.25) is 5.02 Å². The summed E-state index contributed by atoms with van der Waals surface area (Å²) < 4.78 is 1.70. The number of aromatic nitrogens is 3. The molecule has 2 aromatic heterocycles. The molecular weight excluding hydrogens is 378 g/mol. The first kappa shape index (κ1) is 17.2. The summed E-state index contributed by atoms with van der Waals surface area (Å²) in [4.78, 5) is 21.0. The van der Waals surface area contributed by atoms with Gasteiger partial charge < -0.3 is 14.9 Å². The molecule has 0 saturated carbocycles. The Kier molecular flexibility index (Phi) is 4.07. The van der Waals surface area contributed by atoms with E-state index in [0.717, 1.165) is 35.7 Å². The van der Waals surface area contributed by atoms with Crippen LogP contribution in [0.3, 0.4) is 0 Å². The largest absolute Gasteiger partial charge is 0.391 e. The minimum atomic E-state index is -0.297. The van der Waals surface area contributed by atoms with E-state index >= 15 is 0 Å². The van der Waals surface area contributed by atoms with Crippen LogP contribution < -0.4 is 9.80 Å². The van der Waals surface area contributed by atoms with Crippen LogP contribution in [-0.4, -0.2) is 45.0 Å². The first-order valence-electron chi connectivity index (χ1n) is 9.14. The number of hydrogen-bond acceptors (Lipinski definition) is 5. The third-order valence-electron chi connectivity index (χ3n) is 5.19. The Bertz CT molecular complexity index is 1030. The van der Waals surface area contributed by atoms with Crippen molar-refractivity contribution in [2.75, 3.05) is 22.9 Å². The Morgan fingerprint density at radius 2 is 1.89 bits per heavy atom. The van der Waals surface area contributed by atoms with Crippen LogP contribution in [0, 0.1) is 0 Å². The van der Waals surface area contributed by atoms with Crippen LogP contribution >= 0.6 is 11.6 Å². The van der Waals surface area contributed by atoms with Crippen LogP contribution in [0.5, 0.6) is 0 Å². The minimum Gasteiger partial charge on any atom is -0.391 e. The number of carbonyl (C=O) groups excluding carboxylic acids is 1. The molecule has 1 fully saturated rings. The van der Waals surface area contributed by atoms with Crippen LogP contribution in [0.25, 0.3) is 5.69 Å². The van der Waals surface area contributed by atoms with E-state index in [4.69, 9.17) is 11.6 Å². The molecule has 0 radical (unpaired) electrons. The fraction of sp³-hybridized carbons (Fsp3) is 0.250. The van der Waals surface area contributed by atoms with Gasteiger partial charge in [0.2, 0.25) is 0 Å². The van der Waals surface area contributed by atoms with Gasteiger partial charge in [-0.25, -0.2) is 9.67 Å². The predicted octanol–water partition coefficient (Wildman–Crippen LogP) is 2.65. The molecule has 2 aliphatic rings. The number of halogens is 1. The fourth-order valence-corrected chi connectivity index (χ4v) is 3.81. The smallest absolute Gasteiger partial charge is 0.279 e. The number of hydrogen-bond donors (Lipinski definition) is 1. The second-order valence-electron chi connectivity index (χ2n) is 7.08. The molecule has 142 valence electrons. The third kappa shape index (κ3) is 2.93. The standard InChI is InChI=1S/C20H18ClN5O2/c21-14-1-3-15(4-2-14)26-11-13-10-25(20(28)19(13)23-26)16-5-6-18(22-9-16)24-8-7-17(27)12-24/h1-6,9,11,17,27H,7-8,10,12H2. The number of pyridine rings is 1. The monoisotopic (exact) mass is 395 g/mol. The number of benzene rings is 1. The van der Waals surface area contributed by atoms with Gasteiger partial charge in [0.05, 0.1) is 30.2 Å². The second-order valence-corrected chi connectivity index (χ2v) is 7.51. The van der Waals surface area contributed by atoms with Crippen molar-refractivity contribution < 1.29 is 9.90 Å². The SMILES string of the molecule is O=C1c2nn(-c3ccc(Cl)cc3)cc2CN1c1ccc(N2CCC(O)C2)nc1. The van der Waals surface area contributed by atoms with Crippen molar-refractivity contribution in [3.63, 3.8) is 0 Å². The van der Waals surface area contributed by atoms with Gasteiger partial charge in [-0.2, -0.15) is 5.10 Å². The summed E-state index contributed by atoms with van der Waals surface area (Å²) in [5.41, 5.74) is 2.94. The van der Waals surface area contributed by atoms with E-state index in [1.807, 2.05) is 35.4 Å². The number of rotatable bonds is 3. The fourth-order valence-electron chi connectivity index (χ4n) is 3.68. The Morgan fingerprint density at radius 3 is 2.54 bits per heavy atom. The summed E-state index contributed by atoms with van der Waals surface area (Å²) in [7, 11) is 0. The Hall–Kier alpha value is -2.90. The molecule has 1 N–H and O–H groups in total. The normalized spacial score (nSPS) is 18.8. The summed E-state index contributed by atoms with van der Waals surface area (Å²) in [5, 5.41) is 14.8. The molecular formula is C20H18ClN5O2. The lowest BCUT2D eigenvalue weighted by atomic mass is 10.3. The molecule has 1 aromatic carbocycles. The van der Waals surface area contributed by atoms with E-state index in [0.29, 0.717) is 23.8 Å². The second kappa shape index (κ2) is 6.61. The number of anilines is 2. The van der Waals surface area contributed by atoms with Gasteiger partial charge in [-0.05, 0) is 42.8 Å². The minimum absolute atomic E-state index is 0.131. The van der Waals surface area contributed by atoms with E-state index in [2.05, 4.69) is 10.1 Å². The highest BCUT2D eigenvalue weighted by Crippen LogP contribution is 2.29. The highest BCUT2D eigenvalue weighted by atomic mass is 35.5. The first-order chi connectivity index (χ1) is 13.6. The summed E-state index contributed by atoms with van der Waals surface area (Å²) in [5.74, 6) is 0.687. The van der Waals surface area contributed by atoms with Crippen molar-refractivity contribution in [2.45, 2.75) is 19.1 Å². The van der Waals surface area contributed by atoms with Gasteiger partial charge in [-0.1, -0.05) is 11.6 Å². The lowest BCUT2D eigenvalue weighted by Crippen LogP contribution is -2.25. The lowest BCUT2D eigenvalue weighted by molar-refractivity contribution is 0.0991. The van der Waals surface area contributed by atoms with Gasteiger partial charge in [0, 0.05) is 29.9 Å². The molecule has 0 spiro atoms. The van der Waals surface area contributed by atoms with Crippen molar-refractivity contribution in [1.29, 1.82) is 0 Å². The van der Waals surface area contributed by atoms with Crippen LogP contribution in [0.1, 0.15) is 22.5 Å². The van der Waals surface area contributed by atoms with E-state index in [1.165, 1.54) is 0 Å². The van der Waals surface area contributed by atoms with Crippen LogP contribution in [0.4, 0.5) is 11.5 Å². The Balaban J connectivity index is 1.35. The molecule has 3 aromatic rings. The average molecular weight is 396 g/mol. The van der Waals surface area contributed by atoms with Gasteiger partial charge in [0.15, 0.2) is 5.69 Å². The number of nitrogens with zero attached hydrogens (tertiary/aromatic N) is 5. The Labute approximate surface area is 166 Å². The molecule has 1 unspecified atom stereocenters. The number of aliphatic hydroxyl groups excluding tert-OH is 1. The number of aliphatic hydroxyl groups is 1. The zero-order valence-electron chi connectivity index (χ0n) is 15.0. The quantitative estimate of drug-likeness (QED) is 0.738. The van der Waals surface area contributed by atoms with E-state index in [-0.39, 0.29) is 12.0 Å². The molecule has 7 nitrogen and oxygen atoms in total. The van der Waals surface area contributed by atoms with E-state index in [1.54, 1.807) is 27.9 Å². The van der Waals surface area contributed by atoms with Crippen LogP contribution in [-0.2, 0) is 6.54 Å². The molecule has 0 aliphatic carbocycles. The van der Waals surface area contributed by atoms with E-state index in [9.17, 15) is 9.90 Å². The zero-order valence-corrected chi connectivity index (χ0v) is 15.8. The topological polar surface area (TPSA) is 74.5 Å². The van der Waals surface area contributed by atoms with Crippen molar-refractivity contribution in [3.05, 3.63) is 65.1 Å². The lowest BCUT2D eigenvalue weighted by Gasteiger charge is -2.19. The highest BCUT2D eigenvalue weighted by Gasteiger charge is 2.32. The molecule has 1 atom stereocenters. The molecule has 0 bridgehead atoms. The summed E-state index contributed by atoms with van der Waals surface area (Å²) >= 11 is 5.93. The maximum Gasteiger partial charge on any atom is 0.279 e. The van der Waals surface area contributed by atoms with Crippen molar-refractivity contribution in [2.24, 2.45) is 0 Å². The summed E-state index contributed by atoms with van der Waals surface area (Å²) in [6.45, 7) is 1.85. The van der Waals surface area contributed by atoms with Gasteiger partial charge in [0.1, 0.15) is 5.82 Å². The zero-order chi connectivity index (χ0) is 19.3. The number of carbonyl (C=O) groups is 1. The van der Waals surface area contributed by atoms with Gasteiger partial charge in [-0.3, -0.25) is 4.79 Å². The summed E-state index contributed by atoms with van der Waals surface area (Å²) in [6, 6.07) is 11.1. The number of fused-ring (bicyclic) bond motifs is 1. The highest BCUT2D eigenvalue weighted by molar-refractivity contribution is 6.30. The predicted molar refractivity (Wildman–Crippen MR) is 106 cm³/mol. The Morgan fingerprint density at radius 1 is 1.11 bits per heavy atom. The van der Waals surface area contributed by atoms with Crippen molar-refractivity contribution in [1.82, 2.24) is 14.8 Å². The molecule has 28 heavy (non-hydrogen) atoms. The molecule has 1 amide bonds. The van der Waals surface area contributed by atoms with Gasteiger partial charge >= 0.3 is 0 Å². The maximum atomic E-state index is 12.8. The van der Waals surface area contributed by atoms with E-state index < -0.39 is 0 Å². The van der Waals surface area contributed by atoms with Crippen molar-refractivity contribution in [3.8, 4) is 5.69 Å². The first-order valence-corrected chi connectivity index (χ1v) is 9.52. The average Bonchev–Trinajstić information content (AvgIpc) is 3.39. The molecule has 2 aliphatic heterocycles. The van der Waals surface area contributed by atoms with Crippen molar-refractivity contribution >= 4 is 29.0 Å². The third-order valence-corrected chi connectivity index (χ3v) is 5.44. The number of β-amino-alcohol motifs (C(OH)–C–C–N with tert-alkyl or cyclic N) is 1. The van der Waals surface area contributed by atoms with Crippen LogP contribution in [0.15, 0.2) is 48.8 Å². The maximum absolute atomic E-state index is 12.8. The molecule has 4 heterocycles. The van der Waals surface area contributed by atoms with Gasteiger partial charge in [0.25, 0.3) is 5.91 Å². The van der Waals surface area contributed by atoms with Gasteiger partial charge in [-0.15, -0.1) is 0 Å². The summed E-state index contributed by atoms with van der Waals surface area (Å²) in [6.07, 6.45) is 4.04. The molecule has 1 saturated heterocycles. The molecule has 5 rings (SSSR count). The molecule has 8 heteroatoms.